The molecule has 0 spiro atoms. The Balaban J connectivity index is 1.96. The Morgan fingerprint density at radius 2 is 2.00 bits per heavy atom. The fraction of sp³-hybridized carbons (Fsp3) is 0.214. The van der Waals surface area contributed by atoms with Crippen molar-refractivity contribution in [2.45, 2.75) is 6.42 Å². The first kappa shape index (κ1) is 13.0. The number of nitrogen functional groups attached to an aromatic ring is 1. The molecule has 0 radical (unpaired) electrons. The van der Waals surface area contributed by atoms with E-state index in [0.717, 1.165) is 18.8 Å². The van der Waals surface area contributed by atoms with Crippen molar-refractivity contribution in [3.8, 4) is 0 Å². The van der Waals surface area contributed by atoms with Crippen molar-refractivity contribution < 1.29 is 0 Å². The molecule has 98 valence electrons. The predicted octanol–water partition coefficient (Wildman–Crippen LogP) is 1.44. The highest BCUT2D eigenvalue weighted by Crippen LogP contribution is 2.10. The molecule has 0 atom stereocenters. The third-order valence-electron chi connectivity index (χ3n) is 2.94. The van der Waals surface area contributed by atoms with Crippen molar-refractivity contribution in [1.29, 1.82) is 5.41 Å². The summed E-state index contributed by atoms with van der Waals surface area (Å²) in [5.41, 5.74) is 7.30. The van der Waals surface area contributed by atoms with Gasteiger partial charge in [0.1, 0.15) is 11.7 Å². The summed E-state index contributed by atoms with van der Waals surface area (Å²) >= 11 is 0. The minimum Gasteiger partial charge on any atom is -0.384 e. The lowest BCUT2D eigenvalue weighted by Crippen LogP contribution is -2.21. The third-order valence-corrected chi connectivity index (χ3v) is 2.94. The molecule has 3 N–H and O–H groups in total. The maximum atomic E-state index is 7.32. The summed E-state index contributed by atoms with van der Waals surface area (Å²) in [5.74, 6) is 0.914. The molecule has 0 unspecified atom stereocenters. The first-order valence-electron chi connectivity index (χ1n) is 6.07. The van der Waals surface area contributed by atoms with Crippen LogP contribution in [0.4, 0.5) is 5.82 Å². The standard InChI is InChI=1S/C14H17N5/c1-19(9-6-11-4-7-17-8-5-11)13-3-2-12(10-18-13)14(15)16/h2-5,7-8,10H,6,9H2,1H3,(H3,15,16). The molecule has 0 aliphatic heterocycles. The third kappa shape index (κ3) is 3.51. The van der Waals surface area contributed by atoms with E-state index < -0.39 is 0 Å². The summed E-state index contributed by atoms with van der Waals surface area (Å²) in [5, 5.41) is 7.32. The average molecular weight is 255 g/mol. The second-order valence-electron chi connectivity index (χ2n) is 4.35. The van der Waals surface area contributed by atoms with Crippen molar-refractivity contribution in [3.63, 3.8) is 0 Å². The highest BCUT2D eigenvalue weighted by molar-refractivity contribution is 5.94. The van der Waals surface area contributed by atoms with Gasteiger partial charge in [0.25, 0.3) is 0 Å². The van der Waals surface area contributed by atoms with Crippen LogP contribution in [-0.2, 0) is 6.42 Å². The SMILES string of the molecule is CN(CCc1ccncc1)c1ccc(C(=N)N)cn1. The summed E-state index contributed by atoms with van der Waals surface area (Å²) in [6, 6.07) is 7.72. The molecule has 0 saturated heterocycles. The summed E-state index contributed by atoms with van der Waals surface area (Å²) in [4.78, 5) is 10.4. The van der Waals surface area contributed by atoms with Crippen molar-refractivity contribution in [3.05, 3.63) is 54.0 Å². The molecule has 0 aliphatic rings. The quantitative estimate of drug-likeness (QED) is 0.626. The number of aromatic nitrogens is 2. The van der Waals surface area contributed by atoms with Crippen LogP contribution >= 0.6 is 0 Å². The minimum atomic E-state index is 0.0403. The van der Waals surface area contributed by atoms with Crippen LogP contribution in [0.25, 0.3) is 0 Å². The van der Waals surface area contributed by atoms with Gasteiger partial charge < -0.3 is 10.6 Å². The highest BCUT2D eigenvalue weighted by atomic mass is 15.2. The second-order valence-corrected chi connectivity index (χ2v) is 4.35. The maximum Gasteiger partial charge on any atom is 0.128 e. The van der Waals surface area contributed by atoms with E-state index in [1.807, 2.05) is 31.3 Å². The Bertz CT molecular complexity index is 536. The van der Waals surface area contributed by atoms with Gasteiger partial charge in [-0.2, -0.15) is 0 Å². The van der Waals surface area contributed by atoms with E-state index in [0.29, 0.717) is 5.56 Å². The number of hydrogen-bond donors (Lipinski definition) is 2. The number of rotatable bonds is 5. The van der Waals surface area contributed by atoms with E-state index in [-0.39, 0.29) is 5.84 Å². The Morgan fingerprint density at radius 3 is 2.58 bits per heavy atom. The number of nitrogens with one attached hydrogen (secondary N) is 1. The van der Waals surface area contributed by atoms with E-state index in [9.17, 15) is 0 Å². The van der Waals surface area contributed by atoms with Crippen molar-refractivity contribution >= 4 is 11.7 Å². The molecular formula is C14H17N5. The van der Waals surface area contributed by atoms with Crippen molar-refractivity contribution in [2.75, 3.05) is 18.5 Å². The predicted molar refractivity (Wildman–Crippen MR) is 76.5 cm³/mol. The molecule has 2 aromatic rings. The molecule has 2 rings (SSSR count). The zero-order chi connectivity index (χ0) is 13.7. The van der Waals surface area contributed by atoms with Crippen LogP contribution < -0.4 is 10.6 Å². The van der Waals surface area contributed by atoms with Gasteiger partial charge >= 0.3 is 0 Å². The topological polar surface area (TPSA) is 78.9 Å². The van der Waals surface area contributed by atoms with E-state index in [2.05, 4.69) is 14.9 Å². The van der Waals surface area contributed by atoms with Crippen LogP contribution in [0.5, 0.6) is 0 Å². The normalized spacial score (nSPS) is 10.2. The van der Waals surface area contributed by atoms with Crippen molar-refractivity contribution in [1.82, 2.24) is 9.97 Å². The lowest BCUT2D eigenvalue weighted by molar-refractivity contribution is 0.858. The summed E-state index contributed by atoms with van der Waals surface area (Å²) in [7, 11) is 2.00. The van der Waals surface area contributed by atoms with Gasteiger partial charge in [-0.15, -0.1) is 0 Å². The maximum absolute atomic E-state index is 7.32. The van der Waals surface area contributed by atoms with Gasteiger partial charge in [0.05, 0.1) is 0 Å². The van der Waals surface area contributed by atoms with Gasteiger partial charge in [-0.1, -0.05) is 0 Å². The summed E-state index contributed by atoms with van der Waals surface area (Å²) < 4.78 is 0. The first-order chi connectivity index (χ1) is 9.16. The Morgan fingerprint density at radius 1 is 1.26 bits per heavy atom. The Labute approximate surface area is 112 Å². The summed E-state index contributed by atoms with van der Waals surface area (Å²) in [6.45, 7) is 0.871. The number of likely N-dealkylation sites (N-methyl/N-ethyl adjacent to an activating group) is 1. The van der Waals surface area contributed by atoms with E-state index >= 15 is 0 Å². The zero-order valence-electron chi connectivity index (χ0n) is 10.9. The lowest BCUT2D eigenvalue weighted by Gasteiger charge is -2.18. The molecule has 0 saturated carbocycles. The monoisotopic (exact) mass is 255 g/mol. The molecule has 2 heterocycles. The van der Waals surface area contributed by atoms with Gasteiger partial charge in [-0.3, -0.25) is 10.4 Å². The lowest BCUT2D eigenvalue weighted by atomic mass is 10.2. The van der Waals surface area contributed by atoms with Crippen LogP contribution in [0.1, 0.15) is 11.1 Å². The molecular weight excluding hydrogens is 238 g/mol. The van der Waals surface area contributed by atoms with E-state index in [1.165, 1.54) is 5.56 Å². The largest absolute Gasteiger partial charge is 0.384 e. The first-order valence-corrected chi connectivity index (χ1v) is 6.07. The molecule has 19 heavy (non-hydrogen) atoms. The molecule has 0 aliphatic carbocycles. The average Bonchev–Trinajstić information content (AvgIpc) is 2.46. The fourth-order valence-electron chi connectivity index (χ4n) is 1.73. The zero-order valence-corrected chi connectivity index (χ0v) is 10.9. The number of nitrogens with zero attached hydrogens (tertiary/aromatic N) is 3. The van der Waals surface area contributed by atoms with Crippen LogP contribution in [-0.4, -0.2) is 29.4 Å². The van der Waals surface area contributed by atoms with E-state index in [1.54, 1.807) is 18.6 Å². The Hall–Kier alpha value is -2.43. The van der Waals surface area contributed by atoms with Crippen LogP contribution in [0.3, 0.4) is 0 Å². The number of hydrogen-bond acceptors (Lipinski definition) is 4. The molecule has 0 fully saturated rings. The molecule has 5 heteroatoms. The van der Waals surface area contributed by atoms with Gasteiger partial charge in [-0.25, -0.2) is 4.98 Å². The number of amidine groups is 1. The van der Waals surface area contributed by atoms with Gasteiger partial charge in [0.2, 0.25) is 0 Å². The number of pyridine rings is 2. The van der Waals surface area contributed by atoms with Crippen molar-refractivity contribution in [2.24, 2.45) is 5.73 Å². The van der Waals surface area contributed by atoms with Crippen LogP contribution in [0.2, 0.25) is 0 Å². The van der Waals surface area contributed by atoms with Crippen LogP contribution in [0.15, 0.2) is 42.9 Å². The van der Waals surface area contributed by atoms with Crippen LogP contribution in [0, 0.1) is 5.41 Å². The highest BCUT2D eigenvalue weighted by Gasteiger charge is 2.04. The molecule has 2 aromatic heterocycles. The molecule has 0 bridgehead atoms. The minimum absolute atomic E-state index is 0.0403. The summed E-state index contributed by atoms with van der Waals surface area (Å²) in [6.07, 6.45) is 6.17. The van der Waals surface area contributed by atoms with E-state index in [4.69, 9.17) is 11.1 Å². The Kier molecular flexibility index (Phi) is 4.07. The molecule has 0 aromatic carbocycles. The number of nitrogens with two attached hydrogens (primary N) is 1. The fourth-order valence-corrected chi connectivity index (χ4v) is 1.73. The molecule has 0 amide bonds. The van der Waals surface area contributed by atoms with Gasteiger partial charge in [0.15, 0.2) is 0 Å². The molecule has 5 nitrogen and oxygen atoms in total. The smallest absolute Gasteiger partial charge is 0.128 e. The van der Waals surface area contributed by atoms with Gasteiger partial charge in [-0.05, 0) is 36.2 Å². The number of anilines is 1. The second kappa shape index (κ2) is 5.95. The van der Waals surface area contributed by atoms with Gasteiger partial charge in [0, 0.05) is 37.7 Å².